The highest BCUT2D eigenvalue weighted by atomic mass is 32.2. The van der Waals surface area contributed by atoms with Crippen molar-refractivity contribution in [3.63, 3.8) is 0 Å². The maximum atomic E-state index is 14.6. The van der Waals surface area contributed by atoms with Crippen molar-refractivity contribution >= 4 is 31.9 Å². The summed E-state index contributed by atoms with van der Waals surface area (Å²) >= 11 is 0. The molecule has 3 heterocycles. The second-order valence-corrected chi connectivity index (χ2v) is 25.6. The van der Waals surface area contributed by atoms with Gasteiger partial charge in [0.25, 0.3) is 0 Å². The van der Waals surface area contributed by atoms with Gasteiger partial charge in [0.05, 0.1) is 53.3 Å². The van der Waals surface area contributed by atoms with E-state index in [1.807, 2.05) is 6.92 Å². The minimum Gasteiger partial charge on any atom is -0.459 e. The second kappa shape index (κ2) is 24.7. The zero-order valence-electron chi connectivity index (χ0n) is 45.1. The molecule has 1 aromatic rings. The molecule has 0 unspecified atom stereocenters. The summed E-state index contributed by atoms with van der Waals surface area (Å²) in [6, 6.07) is 1.35. The number of carbonyl (C=O) groups is 1. The Morgan fingerprint density at radius 2 is 1.53 bits per heavy atom. The number of aliphatic hydroxyl groups excluding tert-OH is 2. The van der Waals surface area contributed by atoms with E-state index in [0.717, 1.165) is 32.9 Å². The van der Waals surface area contributed by atoms with Crippen molar-refractivity contribution < 1.29 is 88.8 Å². The molecule has 3 aliphatic rings. The summed E-state index contributed by atoms with van der Waals surface area (Å²) in [5, 5.41) is 66.6. The lowest BCUT2D eigenvalue weighted by Crippen LogP contribution is -2.70. The number of hydrogen-bond acceptors (Lipinski definition) is 18. The van der Waals surface area contributed by atoms with Crippen molar-refractivity contribution in [2.45, 2.75) is 191 Å². The number of halogens is 3. The molecule has 21 nitrogen and oxygen atoms in total. The number of rotatable bonds is 16. The van der Waals surface area contributed by atoms with E-state index in [1.165, 1.54) is 49.0 Å². The fraction of sp³-hybridized carbons (Fsp3) is 0.854. The third-order valence-electron chi connectivity index (χ3n) is 15.3. The standard InChI is InChI=1S/C48H84F3N5O16S2/c1-15-36-46(10,61)40(58)31(6)53-25-27(2)23-44(8,60)41(72-43-38(57)35(22-28(3)68-43)56(13)74(65,66)54-34-18-16-33(17-19-34)48(49,50)51)29(4)39(30(5)42(59)70-36)71-37-24-45(9,67-14)47(62,32(7)69-37)26-52-20-21-73(63,64)55(11)12/h16-19,27-32,35-41,43,52-54,57-58,60-62H,15,20-26H2,1-14H3/t27-,28-,29+,30-,31-,32+,35+,36-,37+,38-,39+,40-,41-,43+,44-,45-,46-,47+/m1/s1. The fourth-order valence-corrected chi connectivity index (χ4v) is 12.3. The number of cyclic esters (lactones) is 1. The van der Waals surface area contributed by atoms with Gasteiger partial charge in [0, 0.05) is 65.4 Å². The minimum absolute atomic E-state index is 0.0172. The van der Waals surface area contributed by atoms with Crippen LogP contribution in [0.1, 0.15) is 100 Å². The van der Waals surface area contributed by atoms with Crippen LogP contribution >= 0.6 is 0 Å². The summed E-state index contributed by atoms with van der Waals surface area (Å²) in [6.07, 6.45) is -16.8. The highest BCUT2D eigenvalue weighted by Gasteiger charge is 2.58. The molecule has 26 heteroatoms. The van der Waals surface area contributed by atoms with Gasteiger partial charge in [0.2, 0.25) is 10.0 Å². The molecule has 0 saturated carbocycles. The minimum atomic E-state index is -4.66. The number of benzene rings is 1. The summed E-state index contributed by atoms with van der Waals surface area (Å²) < 4.78 is 135. The first-order chi connectivity index (χ1) is 33.9. The molecule has 0 spiro atoms. The average molecular weight is 1110 g/mol. The predicted octanol–water partition coefficient (Wildman–Crippen LogP) is 2.16. The Labute approximate surface area is 435 Å². The lowest BCUT2D eigenvalue weighted by molar-refractivity contribution is -0.336. The highest BCUT2D eigenvalue weighted by Crippen LogP contribution is 2.43. The van der Waals surface area contributed by atoms with Gasteiger partial charge >= 0.3 is 22.4 Å². The number of aliphatic hydroxyl groups is 5. The van der Waals surface area contributed by atoms with Crippen LogP contribution in [0.3, 0.4) is 0 Å². The van der Waals surface area contributed by atoms with E-state index >= 15 is 0 Å². The molecule has 3 aliphatic heterocycles. The summed E-state index contributed by atoms with van der Waals surface area (Å²) in [5.41, 5.74) is -8.25. The van der Waals surface area contributed by atoms with E-state index in [9.17, 15) is 60.3 Å². The largest absolute Gasteiger partial charge is 0.459 e. The van der Waals surface area contributed by atoms with E-state index in [-0.39, 0.29) is 62.7 Å². The molecular formula is C48H84F3N5O16S2. The second-order valence-electron chi connectivity index (χ2n) is 21.5. The normalized spacial score (nSPS) is 39.8. The van der Waals surface area contributed by atoms with Crippen molar-refractivity contribution in [1.29, 1.82) is 0 Å². The summed E-state index contributed by atoms with van der Waals surface area (Å²) in [7, 11) is -2.75. The fourth-order valence-electron chi connectivity index (χ4n) is 10.4. The van der Waals surface area contributed by atoms with Gasteiger partial charge < -0.3 is 64.6 Å². The number of esters is 1. The third-order valence-corrected chi connectivity index (χ3v) is 18.7. The number of likely N-dealkylation sites (N-methyl/N-ethyl adjacent to an activating group) is 1. The van der Waals surface area contributed by atoms with Crippen LogP contribution in [0.4, 0.5) is 18.9 Å². The summed E-state index contributed by atoms with van der Waals surface area (Å²) in [5.74, 6) is -3.90. The van der Waals surface area contributed by atoms with E-state index in [2.05, 4.69) is 15.4 Å². The molecular weight excluding hydrogens is 1020 g/mol. The molecule has 0 amide bonds. The predicted molar refractivity (Wildman–Crippen MR) is 267 cm³/mol. The maximum Gasteiger partial charge on any atom is 0.416 e. The van der Waals surface area contributed by atoms with Gasteiger partial charge in [-0.3, -0.25) is 9.52 Å². The molecule has 430 valence electrons. The Morgan fingerprint density at radius 3 is 2.08 bits per heavy atom. The number of methoxy groups -OCH3 is 1. The molecule has 8 N–H and O–H groups in total. The lowest BCUT2D eigenvalue weighted by atomic mass is 9.75. The first kappa shape index (κ1) is 64.1. The van der Waals surface area contributed by atoms with Crippen LogP contribution in [-0.2, 0) is 59.6 Å². The van der Waals surface area contributed by atoms with Gasteiger partial charge in [-0.05, 0) is 104 Å². The van der Waals surface area contributed by atoms with Crippen LogP contribution in [-0.4, -0.2) is 200 Å². The summed E-state index contributed by atoms with van der Waals surface area (Å²) in [4.78, 5) is 14.6. The Kier molecular flexibility index (Phi) is 21.4. The SMILES string of the molecule is CC[C@H]1OC(=O)[C@H](C)[C@@H](O[C@H]2C[C@@](C)(OC)[C@](O)(CNCCS(=O)(=O)N(C)C)[C@H](C)O2)[C@H](C)[C@@H](O[C@@H]2O[C@H](C)C[C@H](N(C)S(=O)(=O)Nc3ccc(C(F)(F)F)cc3)[C@H]2O)[C@](C)(O)C[C@@H](C)CN[C@H](C)[C@@H](O)[C@]1(C)O. The highest BCUT2D eigenvalue weighted by molar-refractivity contribution is 7.90. The van der Waals surface area contributed by atoms with E-state index in [0.29, 0.717) is 0 Å². The van der Waals surface area contributed by atoms with Gasteiger partial charge in [0.15, 0.2) is 12.6 Å². The van der Waals surface area contributed by atoms with E-state index < -0.39 is 140 Å². The first-order valence-electron chi connectivity index (χ1n) is 25.1. The molecule has 18 atom stereocenters. The number of nitrogens with zero attached hydrogens (tertiary/aromatic N) is 2. The maximum absolute atomic E-state index is 14.6. The number of alkyl halides is 3. The number of nitrogens with one attached hydrogen (secondary N) is 3. The average Bonchev–Trinajstić information content (AvgIpc) is 3.30. The number of anilines is 1. The van der Waals surface area contributed by atoms with Crippen LogP contribution in [0.25, 0.3) is 0 Å². The van der Waals surface area contributed by atoms with Crippen LogP contribution < -0.4 is 15.4 Å². The lowest BCUT2D eigenvalue weighted by Gasteiger charge is -2.53. The third kappa shape index (κ3) is 14.8. The van der Waals surface area contributed by atoms with Crippen molar-refractivity contribution in [2.24, 2.45) is 17.8 Å². The number of hydrogen-bond donors (Lipinski definition) is 8. The zero-order chi connectivity index (χ0) is 56.3. The van der Waals surface area contributed by atoms with Crippen LogP contribution in [0.2, 0.25) is 0 Å². The van der Waals surface area contributed by atoms with E-state index in [4.69, 9.17) is 28.4 Å². The Hall–Kier alpha value is -2.38. The van der Waals surface area contributed by atoms with Crippen molar-refractivity contribution in [1.82, 2.24) is 19.2 Å². The van der Waals surface area contributed by atoms with Gasteiger partial charge in [-0.2, -0.15) is 25.9 Å². The van der Waals surface area contributed by atoms with Crippen molar-refractivity contribution in [3.8, 4) is 0 Å². The Morgan fingerprint density at radius 1 is 0.919 bits per heavy atom. The first-order valence-corrected chi connectivity index (χ1v) is 28.1. The molecule has 0 radical (unpaired) electrons. The molecule has 3 fully saturated rings. The molecule has 0 aromatic heterocycles. The van der Waals surface area contributed by atoms with Gasteiger partial charge in [-0.15, -0.1) is 0 Å². The molecule has 74 heavy (non-hydrogen) atoms. The van der Waals surface area contributed by atoms with Crippen LogP contribution in [0.15, 0.2) is 24.3 Å². The number of sulfonamides is 1. The quantitative estimate of drug-likeness (QED) is 0.0870. The topological polar surface area (TPSA) is 284 Å². The molecule has 0 bridgehead atoms. The smallest absolute Gasteiger partial charge is 0.416 e. The Bertz CT molecular complexity index is 2220. The monoisotopic (exact) mass is 1110 g/mol. The zero-order valence-corrected chi connectivity index (χ0v) is 46.8. The molecule has 0 aliphatic carbocycles. The number of carbonyl (C=O) groups excluding carboxylic acids is 1. The van der Waals surface area contributed by atoms with Gasteiger partial charge in [-0.25, -0.2) is 12.7 Å². The van der Waals surface area contributed by atoms with Crippen molar-refractivity contribution in [3.05, 3.63) is 29.8 Å². The van der Waals surface area contributed by atoms with Crippen LogP contribution in [0, 0.1) is 17.8 Å². The van der Waals surface area contributed by atoms with Gasteiger partial charge in [0.1, 0.15) is 35.1 Å². The van der Waals surface area contributed by atoms with Crippen LogP contribution in [0.5, 0.6) is 0 Å². The molecule has 3 saturated heterocycles. The number of ether oxygens (including phenoxy) is 6. The van der Waals surface area contributed by atoms with Gasteiger partial charge in [-0.1, -0.05) is 20.8 Å². The molecule has 4 rings (SSSR count). The summed E-state index contributed by atoms with van der Waals surface area (Å²) in [6.45, 7) is 15.9. The van der Waals surface area contributed by atoms with Crippen molar-refractivity contribution in [2.75, 3.05) is 58.4 Å². The molecule has 1 aromatic carbocycles. The Balaban J connectivity index is 1.77. The van der Waals surface area contributed by atoms with E-state index in [1.54, 1.807) is 41.5 Å².